The van der Waals surface area contributed by atoms with E-state index in [9.17, 15) is 19.5 Å². The first-order valence-electron chi connectivity index (χ1n) is 39.9. The molecule has 528 valence electrons. The number of carboxylic acid groups (broad SMARTS) is 1. The number of hydrogen-bond acceptors (Lipinski definition) is 7. The highest BCUT2D eigenvalue weighted by atomic mass is 16.7. The van der Waals surface area contributed by atoms with Crippen LogP contribution >= 0.6 is 0 Å². The summed E-state index contributed by atoms with van der Waals surface area (Å²) in [5, 5.41) is 9.77. The molecule has 9 nitrogen and oxygen atoms in total. The van der Waals surface area contributed by atoms with Crippen molar-refractivity contribution >= 4 is 17.9 Å². The average Bonchev–Trinajstić information content (AvgIpc) is 3.71. The van der Waals surface area contributed by atoms with Crippen LogP contribution < -0.4 is 0 Å². The fraction of sp³-hybridized carbons (Fsp3) is 0.938. The van der Waals surface area contributed by atoms with Gasteiger partial charge in [-0.05, 0) is 38.5 Å². The van der Waals surface area contributed by atoms with Gasteiger partial charge >= 0.3 is 17.9 Å². The molecule has 0 aliphatic heterocycles. The zero-order valence-corrected chi connectivity index (χ0v) is 60.6. The molecule has 0 bridgehead atoms. The van der Waals surface area contributed by atoms with Crippen molar-refractivity contribution in [3.63, 3.8) is 0 Å². The Bertz CT molecular complexity index is 1460. The lowest BCUT2D eigenvalue weighted by Crippen LogP contribution is -2.40. The van der Waals surface area contributed by atoms with Gasteiger partial charge in [0.25, 0.3) is 6.29 Å². The number of quaternary nitrogens is 1. The summed E-state index contributed by atoms with van der Waals surface area (Å²) in [4.78, 5) is 37.7. The smallest absolute Gasteiger partial charge is 0.361 e. The summed E-state index contributed by atoms with van der Waals surface area (Å²) in [7, 11) is 6.00. The molecular weight excluding hydrogens is 1100 g/mol. The molecule has 0 aromatic heterocycles. The van der Waals surface area contributed by atoms with E-state index in [-0.39, 0.29) is 38.2 Å². The number of carboxylic acids is 1. The zero-order chi connectivity index (χ0) is 64.7. The predicted octanol–water partition coefficient (Wildman–Crippen LogP) is 25.2. The SMILES string of the molecule is CCCCCCCCCC/C=C\CCCCCCCCCCCCCCCCCCCC(=O)OC(COC(=O)CCCCCCCCCCCCCCCCCCCCCCCCCCCCCCCCCCCCC)COC(OCC[N+](C)(C)C)C(=O)O. The predicted molar refractivity (Wildman–Crippen MR) is 383 cm³/mol. The Balaban J connectivity index is 3.95. The molecule has 9 heteroatoms. The van der Waals surface area contributed by atoms with Crippen LogP contribution in [0.25, 0.3) is 0 Å². The van der Waals surface area contributed by atoms with E-state index in [1.165, 1.54) is 360 Å². The maximum atomic E-state index is 13.0. The molecular formula is C80H156NO8+. The number of esters is 2. The summed E-state index contributed by atoms with van der Waals surface area (Å²) in [5.41, 5.74) is 0. The molecule has 2 atom stereocenters. The van der Waals surface area contributed by atoms with E-state index in [1.807, 2.05) is 21.1 Å². The number of likely N-dealkylation sites (N-methyl/N-ethyl adjacent to an activating group) is 1. The van der Waals surface area contributed by atoms with Crippen molar-refractivity contribution in [2.45, 2.75) is 437 Å². The van der Waals surface area contributed by atoms with Crippen LogP contribution in [-0.4, -0.2) is 87.4 Å². The van der Waals surface area contributed by atoms with E-state index in [0.29, 0.717) is 17.4 Å². The number of carbonyl (C=O) groups is 3. The van der Waals surface area contributed by atoms with Crippen LogP contribution in [-0.2, 0) is 33.3 Å². The Morgan fingerprint density at radius 1 is 0.326 bits per heavy atom. The van der Waals surface area contributed by atoms with Gasteiger partial charge in [0.15, 0.2) is 6.10 Å². The molecule has 0 aromatic carbocycles. The quantitative estimate of drug-likeness (QED) is 0.0211. The molecule has 0 fully saturated rings. The first-order chi connectivity index (χ1) is 43.6. The van der Waals surface area contributed by atoms with Gasteiger partial charge in [-0.25, -0.2) is 4.79 Å². The second-order valence-corrected chi connectivity index (χ2v) is 28.7. The standard InChI is InChI=1S/C80H155NO8/c1-6-8-10-12-14-16-18-20-22-24-26-28-30-32-34-36-37-38-39-40-41-43-44-46-48-50-52-54-56-58-60-62-64-66-68-70-77(82)87-74-76(75-88-80(79(84)85)86-73-72-81(3,4)5)89-78(83)71-69-67-65-63-61-59-57-55-53-51-49-47-45-42-35-33-31-29-27-25-23-21-19-17-15-13-11-9-7-2/h25,27,76,80H,6-24,26,28-75H2,1-5H3/p+1/b27-25-. The van der Waals surface area contributed by atoms with E-state index < -0.39 is 18.4 Å². The van der Waals surface area contributed by atoms with Crippen LogP contribution in [0, 0.1) is 0 Å². The molecule has 0 aliphatic rings. The molecule has 2 unspecified atom stereocenters. The summed E-state index contributed by atoms with van der Waals surface area (Å²) in [6, 6.07) is 0. The highest BCUT2D eigenvalue weighted by Crippen LogP contribution is 2.20. The van der Waals surface area contributed by atoms with Gasteiger partial charge in [0.2, 0.25) is 0 Å². The maximum Gasteiger partial charge on any atom is 0.361 e. The Labute approximate surface area is 555 Å². The summed E-state index contributed by atoms with van der Waals surface area (Å²) in [6.45, 7) is 4.97. The first-order valence-corrected chi connectivity index (χ1v) is 39.9. The van der Waals surface area contributed by atoms with Gasteiger partial charge < -0.3 is 28.5 Å². The highest BCUT2D eigenvalue weighted by Gasteiger charge is 2.25. The topological polar surface area (TPSA) is 108 Å². The number of hydrogen-bond donors (Lipinski definition) is 1. The molecule has 0 amide bonds. The van der Waals surface area contributed by atoms with Crippen LogP contribution in [0.15, 0.2) is 12.2 Å². The largest absolute Gasteiger partial charge is 0.477 e. The second-order valence-electron chi connectivity index (χ2n) is 28.7. The summed E-state index contributed by atoms with van der Waals surface area (Å²) < 4.78 is 23.1. The lowest BCUT2D eigenvalue weighted by molar-refractivity contribution is -0.870. The second kappa shape index (κ2) is 71.9. The minimum atomic E-state index is -1.51. The number of rotatable bonds is 76. The van der Waals surface area contributed by atoms with Crippen molar-refractivity contribution in [2.24, 2.45) is 0 Å². The van der Waals surface area contributed by atoms with Crippen LogP contribution in [0.2, 0.25) is 0 Å². The third-order valence-electron chi connectivity index (χ3n) is 18.5. The molecule has 0 saturated heterocycles. The van der Waals surface area contributed by atoms with E-state index >= 15 is 0 Å². The van der Waals surface area contributed by atoms with Crippen molar-refractivity contribution in [3.05, 3.63) is 12.2 Å². The fourth-order valence-electron chi connectivity index (χ4n) is 12.4. The molecule has 0 saturated carbocycles. The molecule has 0 heterocycles. The van der Waals surface area contributed by atoms with Gasteiger partial charge in [-0.2, -0.15) is 0 Å². The van der Waals surface area contributed by atoms with Gasteiger partial charge in [-0.15, -0.1) is 0 Å². The van der Waals surface area contributed by atoms with Crippen molar-refractivity contribution in [1.29, 1.82) is 0 Å². The Kier molecular flexibility index (Phi) is 70.3. The van der Waals surface area contributed by atoms with E-state index in [4.69, 9.17) is 18.9 Å². The normalized spacial score (nSPS) is 12.6. The molecule has 1 N–H and O–H groups in total. The Hall–Kier alpha value is -1.97. The zero-order valence-electron chi connectivity index (χ0n) is 60.6. The fourth-order valence-corrected chi connectivity index (χ4v) is 12.4. The maximum absolute atomic E-state index is 13.0. The molecule has 0 aliphatic carbocycles. The van der Waals surface area contributed by atoms with Crippen LogP contribution in [0.5, 0.6) is 0 Å². The van der Waals surface area contributed by atoms with Crippen LogP contribution in [0.1, 0.15) is 425 Å². The third kappa shape index (κ3) is 73.3. The number of nitrogens with zero attached hydrogens (tertiary/aromatic N) is 1. The van der Waals surface area contributed by atoms with Crippen LogP contribution in [0.3, 0.4) is 0 Å². The molecule has 0 spiro atoms. The lowest BCUT2D eigenvalue weighted by atomic mass is 10.0. The van der Waals surface area contributed by atoms with Gasteiger partial charge in [-0.3, -0.25) is 9.59 Å². The molecule has 0 aromatic rings. The number of carbonyl (C=O) groups excluding carboxylic acids is 2. The number of allylic oxidation sites excluding steroid dienone is 2. The van der Waals surface area contributed by atoms with Crippen molar-refractivity contribution in [2.75, 3.05) is 47.5 Å². The monoisotopic (exact) mass is 1260 g/mol. The third-order valence-corrected chi connectivity index (χ3v) is 18.5. The Morgan fingerprint density at radius 3 is 0.831 bits per heavy atom. The molecule has 89 heavy (non-hydrogen) atoms. The van der Waals surface area contributed by atoms with Crippen molar-refractivity contribution in [3.8, 4) is 0 Å². The lowest BCUT2D eigenvalue weighted by Gasteiger charge is -2.25. The van der Waals surface area contributed by atoms with E-state index in [1.54, 1.807) is 0 Å². The van der Waals surface area contributed by atoms with Crippen molar-refractivity contribution < 1.29 is 42.9 Å². The minimum Gasteiger partial charge on any atom is -0.477 e. The summed E-state index contributed by atoms with van der Waals surface area (Å²) >= 11 is 0. The van der Waals surface area contributed by atoms with Gasteiger partial charge in [-0.1, -0.05) is 386 Å². The average molecular weight is 1260 g/mol. The summed E-state index contributed by atoms with van der Waals surface area (Å²) in [5.74, 6) is -1.97. The van der Waals surface area contributed by atoms with Gasteiger partial charge in [0, 0.05) is 12.8 Å². The minimum absolute atomic E-state index is 0.173. The number of aliphatic carboxylic acids is 1. The van der Waals surface area contributed by atoms with Gasteiger partial charge in [0.1, 0.15) is 13.2 Å². The van der Waals surface area contributed by atoms with E-state index in [2.05, 4.69) is 26.0 Å². The molecule has 0 rings (SSSR count). The first kappa shape index (κ1) is 87.0. The number of ether oxygens (including phenoxy) is 4. The summed E-state index contributed by atoms with van der Waals surface area (Å²) in [6.07, 6.45) is 86.6. The van der Waals surface area contributed by atoms with Gasteiger partial charge in [0.05, 0.1) is 34.4 Å². The highest BCUT2D eigenvalue weighted by molar-refractivity contribution is 5.71. The van der Waals surface area contributed by atoms with E-state index in [0.717, 1.165) is 38.5 Å². The van der Waals surface area contributed by atoms with Crippen molar-refractivity contribution in [1.82, 2.24) is 0 Å². The van der Waals surface area contributed by atoms with Crippen LogP contribution in [0.4, 0.5) is 0 Å². The Morgan fingerprint density at radius 2 is 0.573 bits per heavy atom. The number of unbranched alkanes of at least 4 members (excludes halogenated alkanes) is 59. The molecule has 0 radical (unpaired) electrons.